The highest BCUT2D eigenvalue weighted by molar-refractivity contribution is 5.89. The van der Waals surface area contributed by atoms with Gasteiger partial charge in [0.15, 0.2) is 0 Å². The molecule has 0 unspecified atom stereocenters. The predicted octanol–water partition coefficient (Wildman–Crippen LogP) is 2.29. The monoisotopic (exact) mass is 359 g/mol. The smallest absolute Gasteiger partial charge is 0.225 e. The maximum absolute atomic E-state index is 12.3. The molecular formula is C20H29N3O3. The summed E-state index contributed by atoms with van der Waals surface area (Å²) in [4.78, 5) is 30.3. The van der Waals surface area contributed by atoms with Crippen molar-refractivity contribution in [2.45, 2.75) is 57.6 Å². The van der Waals surface area contributed by atoms with Crippen molar-refractivity contribution in [2.75, 3.05) is 19.7 Å². The van der Waals surface area contributed by atoms with Gasteiger partial charge in [-0.3, -0.25) is 14.6 Å². The van der Waals surface area contributed by atoms with E-state index in [4.69, 9.17) is 4.74 Å². The average molecular weight is 359 g/mol. The van der Waals surface area contributed by atoms with Crippen molar-refractivity contribution in [3.05, 3.63) is 30.1 Å². The van der Waals surface area contributed by atoms with Gasteiger partial charge >= 0.3 is 0 Å². The van der Waals surface area contributed by atoms with Crippen LogP contribution in [0, 0.1) is 5.92 Å². The van der Waals surface area contributed by atoms with Crippen molar-refractivity contribution in [2.24, 2.45) is 5.92 Å². The zero-order chi connectivity index (χ0) is 18.2. The number of pyridine rings is 1. The summed E-state index contributed by atoms with van der Waals surface area (Å²) in [5, 5.41) is 2.96. The number of likely N-dealkylation sites (tertiary alicyclic amines) is 1. The first kappa shape index (κ1) is 18.8. The Kier molecular flexibility index (Phi) is 7.00. The molecule has 2 amide bonds. The second-order valence-electron chi connectivity index (χ2n) is 7.31. The number of amides is 2. The SMILES string of the molecule is O=C(NCCCOC1CCCCC1)[C@@H]1CC(=O)N(Cc2cccnc2)C1. The van der Waals surface area contributed by atoms with Crippen molar-refractivity contribution < 1.29 is 14.3 Å². The van der Waals surface area contributed by atoms with Crippen molar-refractivity contribution in [3.63, 3.8) is 0 Å². The summed E-state index contributed by atoms with van der Waals surface area (Å²) in [5.41, 5.74) is 0.988. The lowest BCUT2D eigenvalue weighted by Crippen LogP contribution is -2.34. The van der Waals surface area contributed by atoms with Gasteiger partial charge in [-0.1, -0.05) is 25.3 Å². The minimum Gasteiger partial charge on any atom is -0.378 e. The summed E-state index contributed by atoms with van der Waals surface area (Å²) < 4.78 is 5.87. The molecule has 142 valence electrons. The van der Waals surface area contributed by atoms with E-state index < -0.39 is 0 Å². The van der Waals surface area contributed by atoms with Gasteiger partial charge in [0, 0.05) is 45.1 Å². The summed E-state index contributed by atoms with van der Waals surface area (Å²) >= 11 is 0. The number of nitrogens with zero attached hydrogens (tertiary/aromatic N) is 2. The van der Waals surface area contributed by atoms with E-state index in [1.165, 1.54) is 32.1 Å². The fraction of sp³-hybridized carbons (Fsp3) is 0.650. The molecule has 1 N–H and O–H groups in total. The van der Waals surface area contributed by atoms with Crippen LogP contribution < -0.4 is 5.32 Å². The van der Waals surface area contributed by atoms with E-state index in [1.54, 1.807) is 17.3 Å². The van der Waals surface area contributed by atoms with Crippen molar-refractivity contribution in [3.8, 4) is 0 Å². The Morgan fingerprint density at radius 3 is 2.92 bits per heavy atom. The first-order valence-electron chi connectivity index (χ1n) is 9.78. The molecule has 6 heteroatoms. The molecule has 1 atom stereocenters. The topological polar surface area (TPSA) is 71.5 Å². The van der Waals surface area contributed by atoms with Gasteiger partial charge in [-0.25, -0.2) is 0 Å². The minimum absolute atomic E-state index is 0.0234. The molecule has 0 spiro atoms. The number of hydrogen-bond donors (Lipinski definition) is 1. The van der Waals surface area contributed by atoms with Crippen LogP contribution in [0.3, 0.4) is 0 Å². The third kappa shape index (κ3) is 5.53. The third-order valence-corrected chi connectivity index (χ3v) is 5.21. The van der Waals surface area contributed by atoms with Gasteiger partial charge in [-0.15, -0.1) is 0 Å². The third-order valence-electron chi connectivity index (χ3n) is 5.21. The zero-order valence-electron chi connectivity index (χ0n) is 15.4. The second kappa shape index (κ2) is 9.67. The number of carbonyl (C=O) groups is 2. The molecule has 0 aromatic carbocycles. The number of rotatable bonds is 8. The van der Waals surface area contributed by atoms with Crippen molar-refractivity contribution >= 4 is 11.8 Å². The van der Waals surface area contributed by atoms with Crippen molar-refractivity contribution in [1.29, 1.82) is 0 Å². The molecule has 2 heterocycles. The lowest BCUT2D eigenvalue weighted by Gasteiger charge is -2.22. The van der Waals surface area contributed by atoms with Gasteiger partial charge in [0.25, 0.3) is 0 Å². The first-order chi connectivity index (χ1) is 12.7. The van der Waals surface area contributed by atoms with E-state index in [1.807, 2.05) is 12.1 Å². The Balaban J connectivity index is 1.32. The van der Waals surface area contributed by atoms with E-state index in [0.29, 0.717) is 38.8 Å². The summed E-state index contributed by atoms with van der Waals surface area (Å²) in [6.07, 6.45) is 11.2. The van der Waals surface area contributed by atoms with Crippen LogP contribution >= 0.6 is 0 Å². The first-order valence-corrected chi connectivity index (χ1v) is 9.78. The Labute approximate surface area is 155 Å². The van der Waals surface area contributed by atoms with Crippen LogP contribution in [0.25, 0.3) is 0 Å². The molecule has 1 aliphatic carbocycles. The van der Waals surface area contributed by atoms with Crippen LogP contribution in [0.15, 0.2) is 24.5 Å². The minimum atomic E-state index is -0.251. The highest BCUT2D eigenvalue weighted by Gasteiger charge is 2.34. The summed E-state index contributed by atoms with van der Waals surface area (Å²) in [5.74, 6) is -0.238. The molecule has 1 saturated carbocycles. The number of ether oxygens (including phenoxy) is 1. The molecule has 1 aromatic heterocycles. The van der Waals surface area contributed by atoms with Crippen LogP contribution in [0.4, 0.5) is 0 Å². The zero-order valence-corrected chi connectivity index (χ0v) is 15.4. The average Bonchev–Trinajstić information content (AvgIpc) is 3.03. The predicted molar refractivity (Wildman–Crippen MR) is 98.2 cm³/mol. The maximum atomic E-state index is 12.3. The van der Waals surface area contributed by atoms with Gasteiger partial charge in [-0.05, 0) is 30.9 Å². The van der Waals surface area contributed by atoms with Crippen LogP contribution in [-0.2, 0) is 20.9 Å². The number of hydrogen-bond acceptors (Lipinski definition) is 4. The highest BCUT2D eigenvalue weighted by atomic mass is 16.5. The van der Waals surface area contributed by atoms with Gasteiger partial charge in [0.2, 0.25) is 11.8 Å². The Morgan fingerprint density at radius 1 is 1.31 bits per heavy atom. The van der Waals surface area contributed by atoms with Crippen LogP contribution in [0.1, 0.15) is 50.5 Å². The summed E-state index contributed by atoms with van der Waals surface area (Å²) in [6, 6.07) is 3.80. The van der Waals surface area contributed by atoms with E-state index in [2.05, 4.69) is 10.3 Å². The number of aromatic nitrogens is 1. The summed E-state index contributed by atoms with van der Waals surface area (Å²) in [6.45, 7) is 2.31. The normalized spacial score (nSPS) is 21.2. The fourth-order valence-electron chi connectivity index (χ4n) is 3.72. The van der Waals surface area contributed by atoms with Gasteiger partial charge in [0.1, 0.15) is 0 Å². The Hall–Kier alpha value is -1.95. The number of carbonyl (C=O) groups excluding carboxylic acids is 2. The highest BCUT2D eigenvalue weighted by Crippen LogP contribution is 2.21. The largest absolute Gasteiger partial charge is 0.378 e. The molecule has 3 rings (SSSR count). The van der Waals surface area contributed by atoms with Gasteiger partial charge in [0.05, 0.1) is 12.0 Å². The van der Waals surface area contributed by atoms with Crippen LogP contribution in [0.2, 0.25) is 0 Å². The summed E-state index contributed by atoms with van der Waals surface area (Å²) in [7, 11) is 0. The maximum Gasteiger partial charge on any atom is 0.225 e. The number of nitrogens with one attached hydrogen (secondary N) is 1. The van der Waals surface area contributed by atoms with E-state index in [0.717, 1.165) is 12.0 Å². The lowest BCUT2D eigenvalue weighted by atomic mass is 9.98. The van der Waals surface area contributed by atoms with Crippen LogP contribution in [0.5, 0.6) is 0 Å². The lowest BCUT2D eigenvalue weighted by molar-refractivity contribution is -0.129. The Bertz CT molecular complexity index is 587. The quantitative estimate of drug-likeness (QED) is 0.723. The molecule has 0 radical (unpaired) electrons. The van der Waals surface area contributed by atoms with Crippen LogP contribution in [-0.4, -0.2) is 47.5 Å². The van der Waals surface area contributed by atoms with Gasteiger partial charge in [-0.2, -0.15) is 0 Å². The molecule has 1 aliphatic heterocycles. The molecule has 26 heavy (non-hydrogen) atoms. The molecule has 1 aromatic rings. The standard InChI is InChI=1S/C20H29N3O3/c24-19-12-17(15-23(19)14-16-6-4-9-21-13-16)20(25)22-10-5-11-26-18-7-2-1-3-8-18/h4,6,9,13,17-18H,1-3,5,7-8,10-12,14-15H2,(H,22,25)/t17-/m1/s1. The Morgan fingerprint density at radius 2 is 2.15 bits per heavy atom. The van der Waals surface area contributed by atoms with E-state index in [9.17, 15) is 9.59 Å². The molecule has 6 nitrogen and oxygen atoms in total. The molecule has 0 bridgehead atoms. The van der Waals surface area contributed by atoms with E-state index in [-0.39, 0.29) is 17.7 Å². The van der Waals surface area contributed by atoms with Gasteiger partial charge < -0.3 is 15.0 Å². The molecule has 2 fully saturated rings. The second-order valence-corrected chi connectivity index (χ2v) is 7.31. The molecular weight excluding hydrogens is 330 g/mol. The van der Waals surface area contributed by atoms with Crippen molar-refractivity contribution in [1.82, 2.24) is 15.2 Å². The fourth-order valence-corrected chi connectivity index (χ4v) is 3.72. The molecule has 1 saturated heterocycles. The molecule has 2 aliphatic rings. The van der Waals surface area contributed by atoms with E-state index >= 15 is 0 Å².